The summed E-state index contributed by atoms with van der Waals surface area (Å²) in [6.45, 7) is 17.3. The Labute approximate surface area is 267 Å². The molecule has 1 N–H and O–H groups in total. The van der Waals surface area contributed by atoms with Crippen LogP contribution in [-0.2, 0) is 4.79 Å². The molecule has 0 spiro atoms. The van der Waals surface area contributed by atoms with Gasteiger partial charge in [0.25, 0.3) is 0 Å². The maximum atomic E-state index is 13.6. The van der Waals surface area contributed by atoms with Gasteiger partial charge in [0.2, 0.25) is 5.91 Å². The van der Waals surface area contributed by atoms with Crippen LogP contribution in [0.3, 0.4) is 0 Å². The number of carbonyl (C=O) groups excluding carboxylic acids is 1. The van der Waals surface area contributed by atoms with E-state index in [2.05, 4.69) is 53.8 Å². The number of carbonyl (C=O) groups is 1. The molecule has 2 heteroatoms. The SMILES string of the molecule is CCCCCCCCCCCCCC(CCCCCCCCCCCC)C(=O)NC[C@](C)(CC)C[C@](C)(CC)CCC. The molecule has 0 radical (unpaired) electrons. The van der Waals surface area contributed by atoms with Gasteiger partial charge in [-0.3, -0.25) is 4.79 Å². The summed E-state index contributed by atoms with van der Waals surface area (Å²) < 4.78 is 0. The molecule has 1 unspecified atom stereocenters. The Balaban J connectivity index is 4.64. The lowest BCUT2D eigenvalue weighted by Gasteiger charge is -2.39. The molecule has 42 heavy (non-hydrogen) atoms. The van der Waals surface area contributed by atoms with Gasteiger partial charge in [-0.2, -0.15) is 0 Å². The minimum Gasteiger partial charge on any atom is -0.355 e. The smallest absolute Gasteiger partial charge is 0.223 e. The van der Waals surface area contributed by atoms with E-state index in [0.717, 1.165) is 25.8 Å². The first-order chi connectivity index (χ1) is 20.3. The van der Waals surface area contributed by atoms with Crippen LogP contribution in [0.1, 0.15) is 228 Å². The lowest BCUT2D eigenvalue weighted by atomic mass is 9.68. The second-order valence-corrected chi connectivity index (χ2v) is 15.0. The molecule has 1 amide bonds. The zero-order valence-electron chi connectivity index (χ0n) is 30.5. The van der Waals surface area contributed by atoms with Crippen molar-refractivity contribution in [3.63, 3.8) is 0 Å². The molecule has 0 saturated heterocycles. The fraction of sp³-hybridized carbons (Fsp3) is 0.975. The topological polar surface area (TPSA) is 29.1 Å². The van der Waals surface area contributed by atoms with Crippen LogP contribution >= 0.6 is 0 Å². The summed E-state index contributed by atoms with van der Waals surface area (Å²) in [5.74, 6) is 0.568. The monoisotopic (exact) mass is 592 g/mol. The van der Waals surface area contributed by atoms with Gasteiger partial charge in [-0.15, -0.1) is 0 Å². The molecule has 0 aromatic carbocycles. The highest BCUT2D eigenvalue weighted by molar-refractivity contribution is 5.78. The number of rotatable bonds is 32. The van der Waals surface area contributed by atoms with E-state index in [1.54, 1.807) is 0 Å². The van der Waals surface area contributed by atoms with Crippen LogP contribution in [0.25, 0.3) is 0 Å². The van der Waals surface area contributed by atoms with Gasteiger partial charge in [-0.25, -0.2) is 0 Å². The molecule has 252 valence electrons. The third-order valence-electron chi connectivity index (χ3n) is 10.5. The summed E-state index contributed by atoms with van der Waals surface area (Å²) >= 11 is 0. The van der Waals surface area contributed by atoms with E-state index in [1.807, 2.05) is 0 Å². The number of nitrogens with one attached hydrogen (secondary N) is 1. The van der Waals surface area contributed by atoms with E-state index in [1.165, 1.54) is 161 Å². The standard InChI is InChI=1S/C40H81NO/c1-8-13-15-17-19-21-23-25-27-29-31-33-37(32-30-28-26-24-22-20-18-16-14-9-2)38(42)41-36-40(7,12-5)35-39(6,11-4)34-10-3/h37H,8-36H2,1-7H3,(H,41,42)/t37?,39-,40-/m1/s1. The highest BCUT2D eigenvalue weighted by Crippen LogP contribution is 2.41. The van der Waals surface area contributed by atoms with Gasteiger partial charge in [0.15, 0.2) is 0 Å². The fourth-order valence-corrected chi connectivity index (χ4v) is 7.12. The summed E-state index contributed by atoms with van der Waals surface area (Å²) in [6.07, 6.45) is 37.0. The minimum atomic E-state index is 0.188. The van der Waals surface area contributed by atoms with Gasteiger partial charge in [-0.05, 0) is 42.9 Å². The van der Waals surface area contributed by atoms with Gasteiger partial charge < -0.3 is 5.32 Å². The van der Waals surface area contributed by atoms with Crippen molar-refractivity contribution in [3.05, 3.63) is 0 Å². The van der Waals surface area contributed by atoms with Gasteiger partial charge in [0.1, 0.15) is 0 Å². The first kappa shape index (κ1) is 41.5. The van der Waals surface area contributed by atoms with Crippen LogP contribution in [0, 0.1) is 16.7 Å². The Hall–Kier alpha value is -0.530. The number of amides is 1. The Kier molecular flexibility index (Phi) is 27.6. The molecular formula is C40H81NO. The van der Waals surface area contributed by atoms with Crippen molar-refractivity contribution >= 4 is 5.91 Å². The summed E-state index contributed by atoms with van der Waals surface area (Å²) in [6, 6.07) is 0. The normalized spacial score (nSPS) is 15.3. The van der Waals surface area contributed by atoms with E-state index in [0.29, 0.717) is 11.3 Å². The maximum Gasteiger partial charge on any atom is 0.223 e. The Morgan fingerprint density at radius 3 is 1.19 bits per heavy atom. The molecule has 0 aliphatic heterocycles. The van der Waals surface area contributed by atoms with E-state index in [9.17, 15) is 4.79 Å². The Morgan fingerprint density at radius 1 is 0.500 bits per heavy atom. The van der Waals surface area contributed by atoms with Gasteiger partial charge in [0.05, 0.1) is 0 Å². The molecule has 0 aliphatic rings. The number of unbranched alkanes of at least 4 members (excludes halogenated alkanes) is 19. The second kappa shape index (κ2) is 28.0. The Bertz CT molecular complexity index is 588. The van der Waals surface area contributed by atoms with Crippen molar-refractivity contribution < 1.29 is 4.79 Å². The van der Waals surface area contributed by atoms with Crippen molar-refractivity contribution in [1.82, 2.24) is 5.32 Å². The van der Waals surface area contributed by atoms with E-state index < -0.39 is 0 Å². The maximum absolute atomic E-state index is 13.6. The third-order valence-corrected chi connectivity index (χ3v) is 10.5. The lowest BCUT2D eigenvalue weighted by molar-refractivity contribution is -0.126. The first-order valence-corrected chi connectivity index (χ1v) is 19.6. The van der Waals surface area contributed by atoms with Crippen molar-refractivity contribution in [2.75, 3.05) is 6.54 Å². The molecule has 2 nitrogen and oxygen atoms in total. The van der Waals surface area contributed by atoms with Crippen LogP contribution in [0.5, 0.6) is 0 Å². The van der Waals surface area contributed by atoms with Crippen LogP contribution in [0.15, 0.2) is 0 Å². The van der Waals surface area contributed by atoms with Gasteiger partial charge in [-0.1, -0.05) is 196 Å². The second-order valence-electron chi connectivity index (χ2n) is 15.0. The van der Waals surface area contributed by atoms with Crippen molar-refractivity contribution in [2.45, 2.75) is 228 Å². The summed E-state index contributed by atoms with van der Waals surface area (Å²) in [5, 5.41) is 3.50. The molecule has 0 saturated carbocycles. The molecule has 3 atom stereocenters. The highest BCUT2D eigenvalue weighted by Gasteiger charge is 2.33. The van der Waals surface area contributed by atoms with E-state index in [-0.39, 0.29) is 11.3 Å². The number of hydrogen-bond acceptors (Lipinski definition) is 1. The third kappa shape index (κ3) is 22.9. The zero-order valence-corrected chi connectivity index (χ0v) is 30.5. The van der Waals surface area contributed by atoms with Crippen molar-refractivity contribution in [1.29, 1.82) is 0 Å². The number of hydrogen-bond donors (Lipinski definition) is 1. The Morgan fingerprint density at radius 2 is 0.857 bits per heavy atom. The summed E-state index contributed by atoms with van der Waals surface area (Å²) in [7, 11) is 0. The molecule has 0 aromatic heterocycles. The highest BCUT2D eigenvalue weighted by atomic mass is 16.1. The molecule has 0 rings (SSSR count). The molecule has 0 aromatic rings. The summed E-state index contributed by atoms with van der Waals surface area (Å²) in [5.41, 5.74) is 0.572. The molecular weight excluding hydrogens is 510 g/mol. The van der Waals surface area contributed by atoms with Crippen LogP contribution in [-0.4, -0.2) is 12.5 Å². The van der Waals surface area contributed by atoms with Crippen molar-refractivity contribution in [3.8, 4) is 0 Å². The van der Waals surface area contributed by atoms with Gasteiger partial charge in [0, 0.05) is 12.5 Å². The minimum absolute atomic E-state index is 0.188. The molecule has 0 aliphatic carbocycles. The summed E-state index contributed by atoms with van der Waals surface area (Å²) in [4.78, 5) is 13.6. The van der Waals surface area contributed by atoms with Crippen LogP contribution < -0.4 is 5.32 Å². The molecule has 0 bridgehead atoms. The largest absolute Gasteiger partial charge is 0.355 e. The average Bonchev–Trinajstić information content (AvgIpc) is 2.98. The lowest BCUT2D eigenvalue weighted by Crippen LogP contribution is -2.41. The zero-order chi connectivity index (χ0) is 31.4. The quantitative estimate of drug-likeness (QED) is 0.0774. The van der Waals surface area contributed by atoms with E-state index >= 15 is 0 Å². The van der Waals surface area contributed by atoms with Crippen LogP contribution in [0.2, 0.25) is 0 Å². The predicted octanol–water partition coefficient (Wildman–Crippen LogP) is 13.8. The van der Waals surface area contributed by atoms with Crippen molar-refractivity contribution in [2.24, 2.45) is 16.7 Å². The fourth-order valence-electron chi connectivity index (χ4n) is 7.12. The predicted molar refractivity (Wildman–Crippen MR) is 190 cm³/mol. The van der Waals surface area contributed by atoms with Crippen LogP contribution in [0.4, 0.5) is 0 Å². The first-order valence-electron chi connectivity index (χ1n) is 19.6. The average molecular weight is 592 g/mol. The van der Waals surface area contributed by atoms with E-state index in [4.69, 9.17) is 0 Å². The molecule has 0 fully saturated rings. The molecule has 0 heterocycles. The van der Waals surface area contributed by atoms with Gasteiger partial charge >= 0.3 is 0 Å².